The van der Waals surface area contributed by atoms with Gasteiger partial charge in [0.1, 0.15) is 0 Å². The Labute approximate surface area is 136 Å². The molecule has 4 heteroatoms. The van der Waals surface area contributed by atoms with Crippen LogP contribution in [0, 0.1) is 6.92 Å². The summed E-state index contributed by atoms with van der Waals surface area (Å²) in [5.41, 5.74) is 2.49. The molecule has 2 heterocycles. The van der Waals surface area contributed by atoms with Gasteiger partial charge in [0.05, 0.1) is 4.88 Å². The van der Waals surface area contributed by atoms with Gasteiger partial charge in [0.2, 0.25) is 0 Å². The van der Waals surface area contributed by atoms with E-state index in [1.54, 1.807) is 11.3 Å². The molecule has 3 rings (SSSR count). The summed E-state index contributed by atoms with van der Waals surface area (Å²) in [6, 6.07) is 12.5. The molecular formula is C18H22N2OS. The highest BCUT2D eigenvalue weighted by molar-refractivity contribution is 7.14. The molecule has 2 aromatic rings. The molecule has 22 heavy (non-hydrogen) atoms. The minimum absolute atomic E-state index is 0.195. The third-order valence-electron chi connectivity index (χ3n) is 4.24. The lowest BCUT2D eigenvalue weighted by Gasteiger charge is -2.36. The predicted octanol–water partition coefficient (Wildman–Crippen LogP) is 3.58. The van der Waals surface area contributed by atoms with Crippen molar-refractivity contribution < 1.29 is 4.79 Å². The Hall–Kier alpha value is -1.81. The summed E-state index contributed by atoms with van der Waals surface area (Å²) < 4.78 is 0. The molecule has 1 aromatic carbocycles. The molecule has 116 valence electrons. The molecule has 1 aromatic heterocycles. The van der Waals surface area contributed by atoms with Crippen molar-refractivity contribution in [3.63, 3.8) is 0 Å². The second-order valence-electron chi connectivity index (χ2n) is 5.69. The molecule has 0 bridgehead atoms. The van der Waals surface area contributed by atoms with Crippen LogP contribution in [-0.4, -0.2) is 37.0 Å². The van der Waals surface area contributed by atoms with Crippen LogP contribution in [0.3, 0.4) is 0 Å². The number of rotatable bonds is 3. The third kappa shape index (κ3) is 3.02. The number of nitrogens with zero attached hydrogens (tertiary/aromatic N) is 2. The molecule has 0 N–H and O–H groups in total. The van der Waals surface area contributed by atoms with E-state index in [0.717, 1.165) is 37.5 Å². The van der Waals surface area contributed by atoms with Crippen molar-refractivity contribution in [2.75, 3.05) is 31.1 Å². The first-order valence-corrected chi connectivity index (χ1v) is 8.69. The third-order valence-corrected chi connectivity index (χ3v) is 5.61. The zero-order chi connectivity index (χ0) is 15.5. The average molecular weight is 314 g/mol. The summed E-state index contributed by atoms with van der Waals surface area (Å²) in [7, 11) is 0. The van der Waals surface area contributed by atoms with Crippen LogP contribution in [-0.2, 0) is 6.42 Å². The van der Waals surface area contributed by atoms with Crippen LogP contribution < -0.4 is 4.90 Å². The van der Waals surface area contributed by atoms with Crippen LogP contribution in [0.15, 0.2) is 36.4 Å². The zero-order valence-electron chi connectivity index (χ0n) is 13.2. The van der Waals surface area contributed by atoms with Gasteiger partial charge in [-0.3, -0.25) is 4.79 Å². The van der Waals surface area contributed by atoms with Crippen LogP contribution in [0.1, 0.15) is 27.0 Å². The van der Waals surface area contributed by atoms with Gasteiger partial charge in [-0.2, -0.15) is 0 Å². The van der Waals surface area contributed by atoms with Crippen LogP contribution in [0.4, 0.5) is 5.69 Å². The lowest BCUT2D eigenvalue weighted by molar-refractivity contribution is 0.0751. The molecule has 1 fully saturated rings. The Kier molecular flexibility index (Phi) is 4.48. The normalized spacial score (nSPS) is 15.2. The molecule has 1 aliphatic heterocycles. The minimum Gasteiger partial charge on any atom is -0.368 e. The number of carbonyl (C=O) groups excluding carboxylic acids is 1. The zero-order valence-corrected chi connectivity index (χ0v) is 14.0. The standard InChI is InChI=1S/C18H22N2OS/c1-3-16-14(2)13-17(22-16)18(21)20-11-9-19(10-12-20)15-7-5-4-6-8-15/h4-8,13H,3,9-12H2,1-2H3. The molecule has 1 aliphatic rings. The molecule has 0 radical (unpaired) electrons. The van der Waals surface area contributed by atoms with Crippen molar-refractivity contribution >= 4 is 22.9 Å². The fourth-order valence-corrected chi connectivity index (χ4v) is 4.02. The first-order valence-electron chi connectivity index (χ1n) is 7.87. The van der Waals surface area contributed by atoms with E-state index in [1.807, 2.05) is 11.0 Å². The molecule has 0 spiro atoms. The van der Waals surface area contributed by atoms with Gasteiger partial charge in [-0.25, -0.2) is 0 Å². The number of piperazine rings is 1. The van der Waals surface area contributed by atoms with E-state index >= 15 is 0 Å². The number of carbonyl (C=O) groups is 1. The fourth-order valence-electron chi connectivity index (χ4n) is 2.94. The van der Waals surface area contributed by atoms with E-state index in [2.05, 4.69) is 49.1 Å². The number of amides is 1. The minimum atomic E-state index is 0.195. The van der Waals surface area contributed by atoms with E-state index in [-0.39, 0.29) is 5.91 Å². The molecule has 1 amide bonds. The second-order valence-corrected chi connectivity index (χ2v) is 6.82. The van der Waals surface area contributed by atoms with Crippen LogP contribution in [0.25, 0.3) is 0 Å². The molecule has 0 saturated carbocycles. The topological polar surface area (TPSA) is 23.6 Å². The quantitative estimate of drug-likeness (QED) is 0.864. The maximum absolute atomic E-state index is 12.6. The summed E-state index contributed by atoms with van der Waals surface area (Å²) >= 11 is 1.65. The number of benzene rings is 1. The van der Waals surface area contributed by atoms with Crippen LogP contribution >= 0.6 is 11.3 Å². The van der Waals surface area contributed by atoms with E-state index in [4.69, 9.17) is 0 Å². The Morgan fingerprint density at radius 3 is 2.41 bits per heavy atom. The number of anilines is 1. The van der Waals surface area contributed by atoms with Crippen molar-refractivity contribution in [2.45, 2.75) is 20.3 Å². The Bertz CT molecular complexity index is 642. The van der Waals surface area contributed by atoms with Gasteiger partial charge in [0.25, 0.3) is 5.91 Å². The van der Waals surface area contributed by atoms with Gasteiger partial charge in [-0.1, -0.05) is 25.1 Å². The van der Waals surface area contributed by atoms with Crippen molar-refractivity contribution in [2.24, 2.45) is 0 Å². The van der Waals surface area contributed by atoms with Crippen molar-refractivity contribution in [3.8, 4) is 0 Å². The molecule has 0 aliphatic carbocycles. The molecule has 0 atom stereocenters. The van der Waals surface area contributed by atoms with Gasteiger partial charge < -0.3 is 9.80 Å². The fraction of sp³-hybridized carbons (Fsp3) is 0.389. The highest BCUT2D eigenvalue weighted by atomic mass is 32.1. The maximum atomic E-state index is 12.6. The summed E-state index contributed by atoms with van der Waals surface area (Å²) in [4.78, 5) is 19.2. The number of hydrogen-bond acceptors (Lipinski definition) is 3. The van der Waals surface area contributed by atoms with E-state index < -0.39 is 0 Å². The number of para-hydroxylation sites is 1. The van der Waals surface area contributed by atoms with Gasteiger partial charge >= 0.3 is 0 Å². The van der Waals surface area contributed by atoms with Crippen molar-refractivity contribution in [3.05, 3.63) is 51.7 Å². The van der Waals surface area contributed by atoms with Crippen molar-refractivity contribution in [1.82, 2.24) is 4.90 Å². The number of aryl methyl sites for hydroxylation is 2. The van der Waals surface area contributed by atoms with E-state index in [0.29, 0.717) is 0 Å². The molecule has 0 unspecified atom stereocenters. The lowest BCUT2D eigenvalue weighted by atomic mass is 10.2. The van der Waals surface area contributed by atoms with Crippen molar-refractivity contribution in [1.29, 1.82) is 0 Å². The number of hydrogen-bond donors (Lipinski definition) is 0. The van der Waals surface area contributed by atoms with E-state index in [1.165, 1.54) is 16.1 Å². The Morgan fingerprint density at radius 1 is 1.14 bits per heavy atom. The summed E-state index contributed by atoms with van der Waals surface area (Å²) in [6.45, 7) is 7.64. The monoisotopic (exact) mass is 314 g/mol. The lowest BCUT2D eigenvalue weighted by Crippen LogP contribution is -2.48. The van der Waals surface area contributed by atoms with Crippen LogP contribution in [0.5, 0.6) is 0 Å². The van der Waals surface area contributed by atoms with Gasteiger partial charge in [0, 0.05) is 36.7 Å². The smallest absolute Gasteiger partial charge is 0.264 e. The molecular weight excluding hydrogens is 292 g/mol. The Balaban J connectivity index is 1.64. The summed E-state index contributed by atoms with van der Waals surface area (Å²) in [6.07, 6.45) is 1.01. The molecule has 3 nitrogen and oxygen atoms in total. The SMILES string of the molecule is CCc1sc(C(=O)N2CCN(c3ccccc3)CC2)cc1C. The van der Waals surface area contributed by atoms with Gasteiger partial charge in [-0.15, -0.1) is 11.3 Å². The first-order chi connectivity index (χ1) is 10.7. The number of thiophene rings is 1. The maximum Gasteiger partial charge on any atom is 0.264 e. The summed E-state index contributed by atoms with van der Waals surface area (Å²) in [5.74, 6) is 0.195. The Morgan fingerprint density at radius 2 is 1.82 bits per heavy atom. The predicted molar refractivity (Wildman–Crippen MR) is 93.0 cm³/mol. The first kappa shape index (κ1) is 15.1. The van der Waals surface area contributed by atoms with Gasteiger partial charge in [-0.05, 0) is 37.1 Å². The van der Waals surface area contributed by atoms with Crippen LogP contribution in [0.2, 0.25) is 0 Å². The second kappa shape index (κ2) is 6.53. The largest absolute Gasteiger partial charge is 0.368 e. The average Bonchev–Trinajstić information content (AvgIpc) is 2.96. The molecule has 1 saturated heterocycles. The highest BCUT2D eigenvalue weighted by Crippen LogP contribution is 2.24. The highest BCUT2D eigenvalue weighted by Gasteiger charge is 2.23. The summed E-state index contributed by atoms with van der Waals surface area (Å²) in [5, 5.41) is 0. The van der Waals surface area contributed by atoms with E-state index in [9.17, 15) is 4.79 Å². The van der Waals surface area contributed by atoms with Gasteiger partial charge in [0.15, 0.2) is 0 Å².